The molecule has 1 N–H and O–H groups in total. The van der Waals surface area contributed by atoms with E-state index in [1.165, 1.54) is 11.8 Å². The Labute approximate surface area is 216 Å². The van der Waals surface area contributed by atoms with Crippen LogP contribution in [0.4, 0.5) is 11.5 Å². The van der Waals surface area contributed by atoms with Gasteiger partial charge in [0.1, 0.15) is 23.2 Å². The van der Waals surface area contributed by atoms with E-state index in [1.54, 1.807) is 0 Å². The largest absolute Gasteiger partial charge is 0.368 e. The first-order valence-corrected chi connectivity index (χ1v) is 13.0. The number of anilines is 2. The number of hydrogen-bond donors (Lipinski definition) is 1. The first-order valence-electron chi connectivity index (χ1n) is 13.0. The van der Waals surface area contributed by atoms with Crippen LogP contribution in [-0.2, 0) is 4.79 Å². The number of piperazine rings is 1. The van der Waals surface area contributed by atoms with E-state index in [2.05, 4.69) is 60.1 Å². The van der Waals surface area contributed by atoms with Crippen LogP contribution in [0.15, 0.2) is 55.0 Å². The van der Waals surface area contributed by atoms with Crippen LogP contribution in [0.5, 0.6) is 0 Å². The number of nitrogens with one attached hydrogen (secondary N) is 1. The van der Waals surface area contributed by atoms with Gasteiger partial charge in [-0.3, -0.25) is 0 Å². The molecule has 2 aliphatic rings. The molecule has 0 unspecified atom stereocenters. The summed E-state index contributed by atoms with van der Waals surface area (Å²) in [5.41, 5.74) is 5.27. The predicted octanol–water partition coefficient (Wildman–Crippen LogP) is 3.90. The molecule has 37 heavy (non-hydrogen) atoms. The van der Waals surface area contributed by atoms with E-state index >= 15 is 0 Å². The third-order valence-corrected chi connectivity index (χ3v) is 7.54. The molecule has 0 atom stereocenters. The number of piperidine rings is 1. The summed E-state index contributed by atoms with van der Waals surface area (Å²) >= 11 is 0. The lowest BCUT2D eigenvalue weighted by molar-refractivity contribution is 0.375. The number of benzene rings is 1. The molecule has 6 rings (SSSR count). The zero-order valence-electron chi connectivity index (χ0n) is 21.1. The minimum Gasteiger partial charge on any atom is -0.368 e. The summed E-state index contributed by atoms with van der Waals surface area (Å²) in [7, 11) is 0. The molecular formula is C29H31N7O. The second kappa shape index (κ2) is 10.2. The van der Waals surface area contributed by atoms with Crippen molar-refractivity contribution in [3.05, 3.63) is 66.4 Å². The van der Waals surface area contributed by atoms with Gasteiger partial charge >= 0.3 is 0 Å². The van der Waals surface area contributed by atoms with Crippen LogP contribution in [-0.4, -0.2) is 64.7 Å². The number of hydrogen-bond acceptors (Lipinski definition) is 7. The average Bonchev–Trinajstić information content (AvgIpc) is 3.34. The Balaban J connectivity index is 1.27. The van der Waals surface area contributed by atoms with Crippen molar-refractivity contribution >= 4 is 34.6 Å². The van der Waals surface area contributed by atoms with Crippen LogP contribution in [0.1, 0.15) is 30.3 Å². The lowest BCUT2D eigenvalue weighted by Gasteiger charge is -2.37. The van der Waals surface area contributed by atoms with Crippen LogP contribution in [0.3, 0.4) is 0 Å². The van der Waals surface area contributed by atoms with Gasteiger partial charge in [0, 0.05) is 79.1 Å². The van der Waals surface area contributed by atoms with Crippen molar-refractivity contribution in [1.82, 2.24) is 24.8 Å². The normalized spacial score (nSPS) is 16.7. The summed E-state index contributed by atoms with van der Waals surface area (Å²) in [6.45, 7) is 7.62. The first-order chi connectivity index (χ1) is 18.2. The molecule has 3 aromatic heterocycles. The van der Waals surface area contributed by atoms with Crippen molar-refractivity contribution in [2.45, 2.75) is 25.8 Å². The van der Waals surface area contributed by atoms with E-state index in [-0.39, 0.29) is 0 Å². The fourth-order valence-electron chi connectivity index (χ4n) is 5.46. The molecule has 4 aromatic rings. The Kier molecular flexibility index (Phi) is 6.43. The third-order valence-electron chi connectivity index (χ3n) is 7.54. The standard InChI is InChI=1S/C29H31N7O/c1-21-31-18-23(19-32-21)27-20-36(25-8-11-30-12-9-25)29-26(27)6-7-28(33-29)35-15-13-34(14-16-35)24-4-2-22(3-5-24)10-17-37/h2-7,10,18-20,25,30H,8-9,11-16H2,1H3. The maximum Gasteiger partial charge on any atom is 0.143 e. The highest BCUT2D eigenvalue weighted by Crippen LogP contribution is 2.35. The molecule has 0 bridgehead atoms. The highest BCUT2D eigenvalue weighted by molar-refractivity contribution is 5.94. The van der Waals surface area contributed by atoms with Crippen molar-refractivity contribution in [3.8, 4) is 11.1 Å². The summed E-state index contributed by atoms with van der Waals surface area (Å²) in [5, 5.41) is 4.63. The van der Waals surface area contributed by atoms with Crippen LogP contribution in [0.25, 0.3) is 28.2 Å². The fourth-order valence-corrected chi connectivity index (χ4v) is 5.46. The topological polar surface area (TPSA) is 79.2 Å². The van der Waals surface area contributed by atoms with E-state index in [0.717, 1.165) is 91.5 Å². The van der Waals surface area contributed by atoms with E-state index in [1.807, 2.05) is 37.4 Å². The maximum atomic E-state index is 10.6. The maximum absolute atomic E-state index is 10.6. The number of carbonyl (C=O) groups excluding carboxylic acids is 1. The van der Waals surface area contributed by atoms with Gasteiger partial charge < -0.3 is 19.7 Å². The summed E-state index contributed by atoms with van der Waals surface area (Å²) < 4.78 is 2.39. The molecule has 2 saturated heterocycles. The number of aryl methyl sites for hydroxylation is 1. The smallest absolute Gasteiger partial charge is 0.143 e. The van der Waals surface area contributed by atoms with Crippen molar-refractivity contribution in [2.24, 2.45) is 0 Å². The molecule has 0 aliphatic carbocycles. The molecule has 0 spiro atoms. The number of pyridine rings is 1. The second-order valence-electron chi connectivity index (χ2n) is 9.82. The SMILES string of the molecule is Cc1ncc(-c2cn(C3CCNCC3)c3nc(N4CCN(c5ccc(C=C=O)cc5)CC4)ccc23)cn1. The van der Waals surface area contributed by atoms with Gasteiger partial charge in [0.25, 0.3) is 0 Å². The second-order valence-corrected chi connectivity index (χ2v) is 9.82. The molecule has 5 heterocycles. The molecule has 0 radical (unpaired) electrons. The van der Waals surface area contributed by atoms with E-state index in [4.69, 9.17) is 4.98 Å². The Morgan fingerprint density at radius 3 is 2.35 bits per heavy atom. The highest BCUT2D eigenvalue weighted by Gasteiger charge is 2.23. The zero-order chi connectivity index (χ0) is 25.2. The van der Waals surface area contributed by atoms with Gasteiger partial charge in [-0.2, -0.15) is 0 Å². The predicted molar refractivity (Wildman–Crippen MR) is 148 cm³/mol. The molecule has 2 fully saturated rings. The van der Waals surface area contributed by atoms with Gasteiger partial charge in [0.15, 0.2) is 0 Å². The van der Waals surface area contributed by atoms with Gasteiger partial charge in [-0.05, 0) is 62.7 Å². The van der Waals surface area contributed by atoms with Crippen molar-refractivity contribution in [3.63, 3.8) is 0 Å². The minimum absolute atomic E-state index is 0.431. The highest BCUT2D eigenvalue weighted by atomic mass is 16.1. The van der Waals surface area contributed by atoms with Gasteiger partial charge in [0.05, 0.1) is 0 Å². The van der Waals surface area contributed by atoms with E-state index in [9.17, 15) is 4.79 Å². The minimum atomic E-state index is 0.431. The number of rotatable bonds is 5. The number of aromatic nitrogens is 4. The van der Waals surface area contributed by atoms with Crippen LogP contribution in [0, 0.1) is 6.92 Å². The first kappa shape index (κ1) is 23.4. The monoisotopic (exact) mass is 493 g/mol. The molecule has 1 aromatic carbocycles. The quantitative estimate of drug-likeness (QED) is 0.423. The average molecular weight is 494 g/mol. The fraction of sp³-hybridized carbons (Fsp3) is 0.345. The van der Waals surface area contributed by atoms with Crippen LogP contribution in [0.2, 0.25) is 0 Å². The van der Waals surface area contributed by atoms with Gasteiger partial charge in [-0.1, -0.05) is 12.1 Å². The van der Waals surface area contributed by atoms with Gasteiger partial charge in [-0.25, -0.2) is 19.7 Å². The Bertz CT molecular complexity index is 1420. The summed E-state index contributed by atoms with van der Waals surface area (Å²) in [6, 6.07) is 12.9. The molecule has 188 valence electrons. The summed E-state index contributed by atoms with van der Waals surface area (Å²) in [6.07, 6.45) is 9.74. The Morgan fingerprint density at radius 1 is 0.946 bits per heavy atom. The van der Waals surface area contributed by atoms with E-state index in [0.29, 0.717) is 6.04 Å². The Morgan fingerprint density at radius 2 is 1.65 bits per heavy atom. The van der Waals surface area contributed by atoms with Crippen LogP contribution >= 0.6 is 0 Å². The van der Waals surface area contributed by atoms with Crippen molar-refractivity contribution in [1.29, 1.82) is 0 Å². The van der Waals surface area contributed by atoms with Crippen LogP contribution < -0.4 is 15.1 Å². The molecule has 0 saturated carbocycles. The lowest BCUT2D eigenvalue weighted by Crippen LogP contribution is -2.46. The summed E-state index contributed by atoms with van der Waals surface area (Å²) in [5.74, 6) is 3.65. The summed E-state index contributed by atoms with van der Waals surface area (Å²) in [4.78, 5) is 29.5. The zero-order valence-corrected chi connectivity index (χ0v) is 21.1. The van der Waals surface area contributed by atoms with Gasteiger partial charge in [0.2, 0.25) is 0 Å². The Hall–Kier alpha value is -4.00. The lowest BCUT2D eigenvalue weighted by atomic mass is 10.1. The molecule has 8 nitrogen and oxygen atoms in total. The van der Waals surface area contributed by atoms with E-state index < -0.39 is 0 Å². The van der Waals surface area contributed by atoms with Crippen molar-refractivity contribution in [2.75, 3.05) is 49.1 Å². The number of nitrogens with zero attached hydrogens (tertiary/aromatic N) is 6. The third kappa shape index (κ3) is 4.73. The number of fused-ring (bicyclic) bond motifs is 1. The molecule has 8 heteroatoms. The molecule has 2 aliphatic heterocycles. The van der Waals surface area contributed by atoms with Gasteiger partial charge in [-0.15, -0.1) is 0 Å². The molecule has 0 amide bonds. The molecular weight excluding hydrogens is 462 g/mol. The van der Waals surface area contributed by atoms with Crippen molar-refractivity contribution < 1.29 is 4.79 Å².